The van der Waals surface area contributed by atoms with Crippen molar-refractivity contribution in [3.8, 4) is 5.75 Å². The lowest BCUT2D eigenvalue weighted by Crippen LogP contribution is -2.23. The fourth-order valence-electron chi connectivity index (χ4n) is 2.12. The SMILES string of the molecule is COc1ccccc1NC(=O)OC1CCC(N)C1. The topological polar surface area (TPSA) is 73.6 Å². The fourth-order valence-corrected chi connectivity index (χ4v) is 2.12. The molecule has 0 radical (unpaired) electrons. The molecule has 98 valence electrons. The van der Waals surface area contributed by atoms with Crippen molar-refractivity contribution in [3.63, 3.8) is 0 Å². The Labute approximate surface area is 106 Å². The van der Waals surface area contributed by atoms with Crippen molar-refractivity contribution in [2.45, 2.75) is 31.4 Å². The van der Waals surface area contributed by atoms with Gasteiger partial charge >= 0.3 is 6.09 Å². The van der Waals surface area contributed by atoms with Gasteiger partial charge in [-0.1, -0.05) is 12.1 Å². The summed E-state index contributed by atoms with van der Waals surface area (Å²) < 4.78 is 10.4. The van der Waals surface area contributed by atoms with Crippen LogP contribution in [0.4, 0.5) is 10.5 Å². The van der Waals surface area contributed by atoms with E-state index in [1.807, 2.05) is 12.1 Å². The van der Waals surface area contributed by atoms with Gasteiger partial charge in [0.05, 0.1) is 12.8 Å². The Morgan fingerprint density at radius 3 is 2.83 bits per heavy atom. The molecule has 0 spiro atoms. The summed E-state index contributed by atoms with van der Waals surface area (Å²) in [4.78, 5) is 11.7. The van der Waals surface area contributed by atoms with Crippen LogP contribution in [0.25, 0.3) is 0 Å². The van der Waals surface area contributed by atoms with Crippen molar-refractivity contribution in [1.82, 2.24) is 0 Å². The fraction of sp³-hybridized carbons (Fsp3) is 0.462. The maximum Gasteiger partial charge on any atom is 0.412 e. The van der Waals surface area contributed by atoms with Gasteiger partial charge in [-0.15, -0.1) is 0 Å². The number of anilines is 1. The van der Waals surface area contributed by atoms with E-state index in [1.54, 1.807) is 19.2 Å². The van der Waals surface area contributed by atoms with Crippen molar-refractivity contribution in [2.75, 3.05) is 12.4 Å². The Morgan fingerprint density at radius 2 is 2.17 bits per heavy atom. The lowest BCUT2D eigenvalue weighted by molar-refractivity contribution is 0.113. The molecule has 5 nitrogen and oxygen atoms in total. The molecular weight excluding hydrogens is 232 g/mol. The number of nitrogens with two attached hydrogens (primary N) is 1. The van der Waals surface area contributed by atoms with Gasteiger partial charge in [-0.05, 0) is 31.4 Å². The highest BCUT2D eigenvalue weighted by molar-refractivity contribution is 5.86. The first-order chi connectivity index (χ1) is 8.69. The van der Waals surface area contributed by atoms with Crippen LogP contribution in [0.3, 0.4) is 0 Å². The van der Waals surface area contributed by atoms with Gasteiger partial charge in [-0.3, -0.25) is 5.32 Å². The highest BCUT2D eigenvalue weighted by Crippen LogP contribution is 2.25. The lowest BCUT2D eigenvalue weighted by atomic mass is 10.3. The summed E-state index contributed by atoms with van der Waals surface area (Å²) >= 11 is 0. The van der Waals surface area contributed by atoms with Crippen molar-refractivity contribution in [1.29, 1.82) is 0 Å². The second-order valence-corrected chi connectivity index (χ2v) is 4.43. The molecular formula is C13H18N2O3. The standard InChI is InChI=1S/C13H18N2O3/c1-17-12-5-3-2-4-11(12)15-13(16)18-10-7-6-9(14)8-10/h2-5,9-10H,6-8,14H2,1H3,(H,15,16). The Balaban J connectivity index is 1.91. The third-order valence-electron chi connectivity index (χ3n) is 3.04. The summed E-state index contributed by atoms with van der Waals surface area (Å²) in [6.45, 7) is 0. The maximum atomic E-state index is 11.7. The third-order valence-corrected chi connectivity index (χ3v) is 3.04. The van der Waals surface area contributed by atoms with Crippen molar-refractivity contribution in [2.24, 2.45) is 5.73 Å². The maximum absolute atomic E-state index is 11.7. The van der Waals surface area contributed by atoms with Crippen LogP contribution in [0.5, 0.6) is 5.75 Å². The summed E-state index contributed by atoms with van der Waals surface area (Å²) in [5.74, 6) is 0.609. The second kappa shape index (κ2) is 5.73. The van der Waals surface area contributed by atoms with Crippen LogP contribution in [0, 0.1) is 0 Å². The van der Waals surface area contributed by atoms with Crippen LogP contribution in [-0.2, 0) is 4.74 Å². The number of rotatable bonds is 3. The van der Waals surface area contributed by atoms with E-state index in [1.165, 1.54) is 0 Å². The molecule has 18 heavy (non-hydrogen) atoms. The molecule has 0 bridgehead atoms. The van der Waals surface area contributed by atoms with Crippen LogP contribution < -0.4 is 15.8 Å². The molecule has 0 heterocycles. The predicted molar refractivity (Wildman–Crippen MR) is 68.7 cm³/mol. The zero-order valence-electron chi connectivity index (χ0n) is 10.4. The molecule has 2 atom stereocenters. The molecule has 3 N–H and O–H groups in total. The van der Waals surface area contributed by atoms with Gasteiger partial charge in [0.15, 0.2) is 0 Å². The number of amides is 1. The van der Waals surface area contributed by atoms with Crippen LogP contribution in [0.1, 0.15) is 19.3 Å². The van der Waals surface area contributed by atoms with E-state index < -0.39 is 6.09 Å². The third kappa shape index (κ3) is 3.13. The molecule has 1 amide bonds. The minimum absolute atomic E-state index is 0.0743. The van der Waals surface area contributed by atoms with Gasteiger partial charge in [0.2, 0.25) is 0 Å². The molecule has 1 saturated carbocycles. The number of methoxy groups -OCH3 is 1. The number of benzene rings is 1. The highest BCUT2D eigenvalue weighted by Gasteiger charge is 2.25. The lowest BCUT2D eigenvalue weighted by Gasteiger charge is -2.14. The van der Waals surface area contributed by atoms with E-state index in [4.69, 9.17) is 15.2 Å². The van der Waals surface area contributed by atoms with Gasteiger partial charge < -0.3 is 15.2 Å². The zero-order valence-corrected chi connectivity index (χ0v) is 10.4. The second-order valence-electron chi connectivity index (χ2n) is 4.43. The summed E-state index contributed by atoms with van der Waals surface area (Å²) in [7, 11) is 1.56. The van der Waals surface area contributed by atoms with Crippen LogP contribution in [0.2, 0.25) is 0 Å². The molecule has 0 saturated heterocycles. The Morgan fingerprint density at radius 1 is 1.39 bits per heavy atom. The monoisotopic (exact) mass is 250 g/mol. The number of carbonyl (C=O) groups excluding carboxylic acids is 1. The first kappa shape index (κ1) is 12.7. The van der Waals surface area contributed by atoms with Gasteiger partial charge in [0, 0.05) is 6.04 Å². The van der Waals surface area contributed by atoms with Gasteiger partial charge in [0.25, 0.3) is 0 Å². The number of para-hydroxylation sites is 2. The molecule has 2 rings (SSSR count). The molecule has 1 aliphatic carbocycles. The van der Waals surface area contributed by atoms with Gasteiger partial charge in [-0.2, -0.15) is 0 Å². The Bertz CT molecular complexity index is 422. The van der Waals surface area contributed by atoms with E-state index in [0.29, 0.717) is 11.4 Å². The number of ether oxygens (including phenoxy) is 2. The molecule has 1 fully saturated rings. The number of carbonyl (C=O) groups is 1. The summed E-state index contributed by atoms with van der Waals surface area (Å²) in [6.07, 6.45) is 1.94. The number of hydrogen-bond donors (Lipinski definition) is 2. The summed E-state index contributed by atoms with van der Waals surface area (Å²) in [5, 5.41) is 2.68. The molecule has 5 heteroatoms. The van der Waals surface area contributed by atoms with E-state index in [-0.39, 0.29) is 12.1 Å². The van der Waals surface area contributed by atoms with E-state index >= 15 is 0 Å². The minimum atomic E-state index is -0.460. The van der Waals surface area contributed by atoms with Gasteiger partial charge in [0.1, 0.15) is 11.9 Å². The molecule has 0 aromatic heterocycles. The van der Waals surface area contributed by atoms with Crippen molar-refractivity contribution in [3.05, 3.63) is 24.3 Å². The quantitative estimate of drug-likeness (QED) is 0.861. The van der Waals surface area contributed by atoms with Crippen LogP contribution >= 0.6 is 0 Å². The first-order valence-corrected chi connectivity index (χ1v) is 6.05. The number of nitrogens with one attached hydrogen (secondary N) is 1. The van der Waals surface area contributed by atoms with E-state index in [2.05, 4.69) is 5.32 Å². The van der Waals surface area contributed by atoms with E-state index in [9.17, 15) is 4.79 Å². The predicted octanol–water partition coefficient (Wildman–Crippen LogP) is 2.12. The minimum Gasteiger partial charge on any atom is -0.495 e. The summed E-state index contributed by atoms with van der Waals surface area (Å²) in [6, 6.07) is 7.35. The Kier molecular flexibility index (Phi) is 4.04. The summed E-state index contributed by atoms with van der Waals surface area (Å²) in [5.41, 5.74) is 6.37. The van der Waals surface area contributed by atoms with Gasteiger partial charge in [-0.25, -0.2) is 4.79 Å². The normalized spacial score (nSPS) is 22.6. The van der Waals surface area contributed by atoms with Crippen LogP contribution in [0.15, 0.2) is 24.3 Å². The first-order valence-electron chi connectivity index (χ1n) is 6.05. The molecule has 1 aliphatic rings. The van der Waals surface area contributed by atoms with Crippen molar-refractivity contribution >= 4 is 11.8 Å². The average molecular weight is 250 g/mol. The highest BCUT2D eigenvalue weighted by atomic mass is 16.6. The molecule has 2 unspecified atom stereocenters. The largest absolute Gasteiger partial charge is 0.495 e. The number of hydrogen-bond acceptors (Lipinski definition) is 4. The van der Waals surface area contributed by atoms with E-state index in [0.717, 1.165) is 19.3 Å². The average Bonchev–Trinajstić information content (AvgIpc) is 2.75. The van der Waals surface area contributed by atoms with Crippen molar-refractivity contribution < 1.29 is 14.3 Å². The molecule has 0 aliphatic heterocycles. The molecule has 1 aromatic carbocycles. The smallest absolute Gasteiger partial charge is 0.412 e. The van der Waals surface area contributed by atoms with Crippen LogP contribution in [-0.4, -0.2) is 25.3 Å². The zero-order chi connectivity index (χ0) is 13.0. The Hall–Kier alpha value is -1.75. The molecule has 1 aromatic rings.